The smallest absolute Gasteiger partial charge is 0.118 e. The monoisotopic (exact) mass is 494 g/mol. The van der Waals surface area contributed by atoms with Crippen LogP contribution in [0.25, 0.3) is 0 Å². The van der Waals surface area contributed by atoms with Crippen molar-refractivity contribution in [2.45, 2.75) is 169 Å². The van der Waals surface area contributed by atoms with Crippen molar-refractivity contribution in [2.75, 3.05) is 0 Å². The minimum atomic E-state index is -0.211. The van der Waals surface area contributed by atoms with Gasteiger partial charge in [0, 0.05) is 5.57 Å². The van der Waals surface area contributed by atoms with Crippen LogP contribution in [0.4, 0.5) is 0 Å². The van der Waals surface area contributed by atoms with Gasteiger partial charge in [-0.2, -0.15) is 0 Å². The summed E-state index contributed by atoms with van der Waals surface area (Å²) >= 11 is 0. The van der Waals surface area contributed by atoms with Crippen LogP contribution in [0.2, 0.25) is 0 Å². The third-order valence-electron chi connectivity index (χ3n) is 8.71. The van der Waals surface area contributed by atoms with Crippen molar-refractivity contribution in [2.24, 2.45) is 0 Å². The zero-order valence-corrected chi connectivity index (χ0v) is 25.2. The molecule has 1 saturated heterocycles. The quantitative estimate of drug-likeness (QED) is 0.111. The molecule has 1 heteroatoms. The van der Waals surface area contributed by atoms with E-state index in [4.69, 9.17) is 4.74 Å². The van der Waals surface area contributed by atoms with E-state index in [-0.39, 0.29) is 11.2 Å². The van der Waals surface area contributed by atoms with E-state index < -0.39 is 0 Å². The summed E-state index contributed by atoms with van der Waals surface area (Å²) in [4.78, 5) is 0. The SMILES string of the molecule is CCCCC=C(C)CCCC(C)=CCCC1(C)CCC2=C=CC(C)=C(C)C2(CCCCCCCC)O1. The van der Waals surface area contributed by atoms with Crippen molar-refractivity contribution in [3.63, 3.8) is 0 Å². The van der Waals surface area contributed by atoms with Crippen molar-refractivity contribution >= 4 is 0 Å². The molecule has 0 spiro atoms. The fourth-order valence-corrected chi connectivity index (χ4v) is 5.98. The summed E-state index contributed by atoms with van der Waals surface area (Å²) in [6.07, 6.45) is 28.3. The van der Waals surface area contributed by atoms with Crippen LogP contribution in [0.3, 0.4) is 0 Å². The van der Waals surface area contributed by atoms with Crippen molar-refractivity contribution < 1.29 is 4.74 Å². The highest BCUT2D eigenvalue weighted by molar-refractivity contribution is 5.44. The lowest BCUT2D eigenvalue weighted by Crippen LogP contribution is -2.50. The average Bonchev–Trinajstić information content (AvgIpc) is 2.84. The predicted molar refractivity (Wildman–Crippen MR) is 160 cm³/mol. The number of unbranched alkanes of at least 4 members (excludes halogenated alkanes) is 7. The van der Waals surface area contributed by atoms with Gasteiger partial charge in [-0.25, -0.2) is 0 Å². The molecule has 0 aromatic heterocycles. The number of hydrogen-bond donors (Lipinski definition) is 0. The third kappa shape index (κ3) is 9.54. The summed E-state index contributed by atoms with van der Waals surface area (Å²) in [6.45, 7) is 16.1. The van der Waals surface area contributed by atoms with Crippen molar-refractivity contribution in [3.05, 3.63) is 51.8 Å². The van der Waals surface area contributed by atoms with E-state index in [0.29, 0.717) is 0 Å². The molecule has 2 aliphatic rings. The maximum absolute atomic E-state index is 7.20. The van der Waals surface area contributed by atoms with Gasteiger partial charge in [-0.15, -0.1) is 5.73 Å². The molecule has 2 unspecified atom stereocenters. The number of fused-ring (bicyclic) bond motifs is 1. The minimum Gasteiger partial charge on any atom is -0.359 e. The van der Waals surface area contributed by atoms with Crippen LogP contribution in [-0.2, 0) is 4.74 Å². The normalized spacial score (nSPS) is 24.8. The molecule has 1 aliphatic heterocycles. The maximum Gasteiger partial charge on any atom is 0.118 e. The lowest BCUT2D eigenvalue weighted by Gasteiger charge is -2.50. The molecule has 2 rings (SSSR count). The molecular formula is C35H58O. The molecule has 1 fully saturated rings. The number of hydrogen-bond acceptors (Lipinski definition) is 1. The van der Waals surface area contributed by atoms with E-state index in [1.165, 1.54) is 93.8 Å². The lowest BCUT2D eigenvalue weighted by atomic mass is 9.71. The summed E-state index contributed by atoms with van der Waals surface area (Å²) in [5, 5.41) is 0. The van der Waals surface area contributed by atoms with Crippen LogP contribution in [0.15, 0.2) is 51.8 Å². The van der Waals surface area contributed by atoms with Gasteiger partial charge in [0.15, 0.2) is 0 Å². The second kappa shape index (κ2) is 15.8. The van der Waals surface area contributed by atoms with Gasteiger partial charge in [0.05, 0.1) is 5.60 Å². The van der Waals surface area contributed by atoms with Gasteiger partial charge in [0.2, 0.25) is 0 Å². The van der Waals surface area contributed by atoms with Crippen LogP contribution in [0.5, 0.6) is 0 Å². The topological polar surface area (TPSA) is 9.23 Å². The van der Waals surface area contributed by atoms with Gasteiger partial charge in [-0.05, 0) is 116 Å². The first kappa shape index (κ1) is 30.9. The molecule has 0 saturated carbocycles. The Morgan fingerprint density at radius 2 is 1.50 bits per heavy atom. The maximum atomic E-state index is 7.20. The Morgan fingerprint density at radius 3 is 2.19 bits per heavy atom. The number of rotatable bonds is 17. The van der Waals surface area contributed by atoms with Gasteiger partial charge in [0.1, 0.15) is 5.60 Å². The molecule has 36 heavy (non-hydrogen) atoms. The Labute approximate surface area is 225 Å². The van der Waals surface area contributed by atoms with Gasteiger partial charge < -0.3 is 4.74 Å². The Balaban J connectivity index is 1.93. The van der Waals surface area contributed by atoms with E-state index >= 15 is 0 Å². The highest BCUT2D eigenvalue weighted by atomic mass is 16.5. The standard InChI is InChI=1S/C35H58O/c1-8-10-12-13-14-16-27-35-32(6)31(5)23-24-33(35)25-28-34(7,36-35)26-18-22-30(4)21-17-20-29(3)19-15-11-9-2/h19,22-23H,8-18,20-21,25-28H2,1-7H3. The fraction of sp³-hybridized carbons (Fsp3) is 0.743. The van der Waals surface area contributed by atoms with Crippen LogP contribution in [0.1, 0.15) is 158 Å². The van der Waals surface area contributed by atoms with E-state index in [0.717, 1.165) is 32.1 Å². The van der Waals surface area contributed by atoms with Gasteiger partial charge in [-0.3, -0.25) is 0 Å². The minimum absolute atomic E-state index is 0.0539. The lowest BCUT2D eigenvalue weighted by molar-refractivity contribution is -0.143. The Hall–Kier alpha value is -1.30. The molecule has 1 nitrogen and oxygen atoms in total. The summed E-state index contributed by atoms with van der Waals surface area (Å²) in [5.41, 5.74) is 10.7. The Kier molecular flexibility index (Phi) is 13.6. The van der Waals surface area contributed by atoms with E-state index in [2.05, 4.69) is 72.4 Å². The fourth-order valence-electron chi connectivity index (χ4n) is 5.98. The predicted octanol–water partition coefficient (Wildman–Crippen LogP) is 11.5. The zero-order valence-electron chi connectivity index (χ0n) is 25.2. The summed E-state index contributed by atoms with van der Waals surface area (Å²) < 4.78 is 7.20. The molecule has 0 aromatic rings. The van der Waals surface area contributed by atoms with Crippen LogP contribution in [0, 0.1) is 0 Å². The molecule has 0 radical (unpaired) electrons. The van der Waals surface area contributed by atoms with Crippen LogP contribution >= 0.6 is 0 Å². The molecule has 0 bridgehead atoms. The van der Waals surface area contributed by atoms with Crippen molar-refractivity contribution in [1.82, 2.24) is 0 Å². The molecular weight excluding hydrogens is 436 g/mol. The Morgan fingerprint density at radius 1 is 0.861 bits per heavy atom. The molecule has 1 heterocycles. The summed E-state index contributed by atoms with van der Waals surface area (Å²) in [7, 11) is 0. The Bertz CT molecular complexity index is 831. The van der Waals surface area contributed by atoms with Crippen LogP contribution < -0.4 is 0 Å². The molecule has 0 N–H and O–H groups in total. The molecule has 0 aromatic carbocycles. The van der Waals surface area contributed by atoms with Gasteiger partial charge >= 0.3 is 0 Å². The largest absolute Gasteiger partial charge is 0.359 e. The zero-order chi connectivity index (χ0) is 26.4. The molecule has 2 atom stereocenters. The molecule has 0 amide bonds. The van der Waals surface area contributed by atoms with E-state index in [9.17, 15) is 0 Å². The second-order valence-corrected chi connectivity index (χ2v) is 12.1. The van der Waals surface area contributed by atoms with Crippen molar-refractivity contribution in [1.29, 1.82) is 0 Å². The molecule has 204 valence electrons. The van der Waals surface area contributed by atoms with E-state index in [1.54, 1.807) is 11.1 Å². The first-order chi connectivity index (χ1) is 17.3. The highest BCUT2D eigenvalue weighted by Crippen LogP contribution is 2.49. The third-order valence-corrected chi connectivity index (χ3v) is 8.71. The van der Waals surface area contributed by atoms with Gasteiger partial charge in [-0.1, -0.05) is 82.1 Å². The van der Waals surface area contributed by atoms with Crippen LogP contribution in [-0.4, -0.2) is 11.2 Å². The highest BCUT2D eigenvalue weighted by Gasteiger charge is 2.48. The number of allylic oxidation sites excluding steroid dienone is 5. The number of ether oxygens (including phenoxy) is 1. The first-order valence-corrected chi connectivity index (χ1v) is 15.4. The van der Waals surface area contributed by atoms with Gasteiger partial charge in [0.25, 0.3) is 0 Å². The van der Waals surface area contributed by atoms with Crippen molar-refractivity contribution in [3.8, 4) is 0 Å². The van der Waals surface area contributed by atoms with E-state index in [1.807, 2.05) is 0 Å². The molecule has 1 aliphatic carbocycles. The average molecular weight is 495 g/mol. The summed E-state index contributed by atoms with van der Waals surface area (Å²) in [6, 6.07) is 0. The second-order valence-electron chi connectivity index (χ2n) is 12.1. The first-order valence-electron chi connectivity index (χ1n) is 15.4. The summed E-state index contributed by atoms with van der Waals surface area (Å²) in [5.74, 6) is 0.